The van der Waals surface area contributed by atoms with E-state index < -0.39 is 11.6 Å². The zero-order chi connectivity index (χ0) is 19.3. The highest BCUT2D eigenvalue weighted by molar-refractivity contribution is 5.76. The SMILES string of the molecule is CC(C)(Oc1cc(CCOc2ccc(-c3ccn[nH]3)nc2)ccn1)C(=O)O. The largest absolute Gasteiger partial charge is 0.492 e. The molecule has 3 heterocycles. The summed E-state index contributed by atoms with van der Waals surface area (Å²) in [6.45, 7) is 3.40. The molecule has 27 heavy (non-hydrogen) atoms. The molecule has 0 radical (unpaired) electrons. The fourth-order valence-electron chi connectivity index (χ4n) is 2.28. The van der Waals surface area contributed by atoms with Crippen LogP contribution in [0.1, 0.15) is 19.4 Å². The molecule has 8 nitrogen and oxygen atoms in total. The van der Waals surface area contributed by atoms with E-state index in [1.54, 1.807) is 24.7 Å². The van der Waals surface area contributed by atoms with Gasteiger partial charge in [-0.2, -0.15) is 5.10 Å². The number of aliphatic carboxylic acids is 1. The minimum absolute atomic E-state index is 0.269. The Morgan fingerprint density at radius 3 is 2.70 bits per heavy atom. The van der Waals surface area contributed by atoms with Crippen LogP contribution in [-0.4, -0.2) is 43.4 Å². The maximum Gasteiger partial charge on any atom is 0.347 e. The molecule has 0 aliphatic rings. The van der Waals surface area contributed by atoms with Crippen LogP contribution in [0.2, 0.25) is 0 Å². The number of hydrogen-bond acceptors (Lipinski definition) is 6. The van der Waals surface area contributed by atoms with Crippen LogP contribution in [-0.2, 0) is 11.2 Å². The van der Waals surface area contributed by atoms with Crippen molar-refractivity contribution < 1.29 is 19.4 Å². The van der Waals surface area contributed by atoms with E-state index in [1.165, 1.54) is 13.8 Å². The van der Waals surface area contributed by atoms with Crippen molar-refractivity contribution in [3.05, 3.63) is 54.5 Å². The number of carbonyl (C=O) groups is 1. The summed E-state index contributed by atoms with van der Waals surface area (Å²) in [5.41, 5.74) is 1.22. The first-order valence-electron chi connectivity index (χ1n) is 8.40. The van der Waals surface area contributed by atoms with Crippen LogP contribution >= 0.6 is 0 Å². The van der Waals surface area contributed by atoms with Gasteiger partial charge in [0, 0.05) is 24.9 Å². The summed E-state index contributed by atoms with van der Waals surface area (Å²) in [5.74, 6) is -0.120. The third-order valence-corrected chi connectivity index (χ3v) is 3.85. The van der Waals surface area contributed by atoms with Crippen molar-refractivity contribution in [2.75, 3.05) is 6.61 Å². The Morgan fingerprint density at radius 1 is 1.19 bits per heavy atom. The first kappa shape index (κ1) is 18.4. The molecule has 2 N–H and O–H groups in total. The first-order chi connectivity index (χ1) is 12.9. The van der Waals surface area contributed by atoms with Gasteiger partial charge >= 0.3 is 5.97 Å². The van der Waals surface area contributed by atoms with Crippen LogP contribution in [0.3, 0.4) is 0 Å². The number of ether oxygens (including phenoxy) is 2. The number of carboxylic acids is 1. The van der Waals surface area contributed by atoms with Gasteiger partial charge < -0.3 is 14.6 Å². The number of nitrogens with zero attached hydrogens (tertiary/aromatic N) is 3. The van der Waals surface area contributed by atoms with Gasteiger partial charge in [-0.25, -0.2) is 9.78 Å². The number of carboxylic acid groups (broad SMARTS) is 1. The third-order valence-electron chi connectivity index (χ3n) is 3.85. The van der Waals surface area contributed by atoms with Gasteiger partial charge in [-0.15, -0.1) is 0 Å². The Hall–Kier alpha value is -3.42. The molecule has 0 aromatic carbocycles. The van der Waals surface area contributed by atoms with Gasteiger partial charge in [0.05, 0.1) is 24.2 Å². The molecule has 8 heteroatoms. The van der Waals surface area contributed by atoms with Crippen molar-refractivity contribution in [1.82, 2.24) is 20.2 Å². The molecule has 3 rings (SSSR count). The number of H-pyrrole nitrogens is 1. The molecule has 3 aromatic rings. The van der Waals surface area contributed by atoms with E-state index >= 15 is 0 Å². The molecule has 0 aliphatic carbocycles. The van der Waals surface area contributed by atoms with E-state index in [-0.39, 0.29) is 5.88 Å². The molecular weight excluding hydrogens is 348 g/mol. The van der Waals surface area contributed by atoms with E-state index in [2.05, 4.69) is 20.2 Å². The lowest BCUT2D eigenvalue weighted by Crippen LogP contribution is -2.38. The number of pyridine rings is 2. The van der Waals surface area contributed by atoms with Crippen LogP contribution < -0.4 is 9.47 Å². The van der Waals surface area contributed by atoms with Crippen molar-refractivity contribution in [3.63, 3.8) is 0 Å². The first-order valence-corrected chi connectivity index (χ1v) is 8.40. The fraction of sp³-hybridized carbons (Fsp3) is 0.263. The highest BCUT2D eigenvalue weighted by Gasteiger charge is 2.29. The average molecular weight is 368 g/mol. The number of rotatable bonds is 8. The van der Waals surface area contributed by atoms with Crippen LogP contribution in [0.25, 0.3) is 11.4 Å². The Bertz CT molecular complexity index is 892. The number of nitrogens with one attached hydrogen (secondary N) is 1. The van der Waals surface area contributed by atoms with E-state index in [0.29, 0.717) is 18.8 Å². The summed E-state index contributed by atoms with van der Waals surface area (Å²) in [6, 6.07) is 9.10. The molecule has 0 saturated carbocycles. The van der Waals surface area contributed by atoms with Gasteiger partial charge in [-0.3, -0.25) is 10.1 Å². The molecule has 0 aliphatic heterocycles. The smallest absolute Gasteiger partial charge is 0.347 e. The highest BCUT2D eigenvalue weighted by Crippen LogP contribution is 2.19. The predicted octanol–water partition coefficient (Wildman–Crippen LogP) is 2.73. The molecule has 3 aromatic heterocycles. The number of aromatic nitrogens is 4. The average Bonchev–Trinajstić information content (AvgIpc) is 3.17. The second-order valence-electron chi connectivity index (χ2n) is 6.37. The summed E-state index contributed by atoms with van der Waals surface area (Å²) >= 11 is 0. The van der Waals surface area contributed by atoms with Gasteiger partial charge in [0.25, 0.3) is 0 Å². The fourth-order valence-corrected chi connectivity index (χ4v) is 2.28. The van der Waals surface area contributed by atoms with Gasteiger partial charge in [-0.05, 0) is 43.7 Å². The Balaban J connectivity index is 1.54. The lowest BCUT2D eigenvalue weighted by molar-refractivity contribution is -0.152. The van der Waals surface area contributed by atoms with Crippen LogP contribution in [0.4, 0.5) is 0 Å². The van der Waals surface area contributed by atoms with Crippen molar-refractivity contribution in [1.29, 1.82) is 0 Å². The van der Waals surface area contributed by atoms with Crippen molar-refractivity contribution in [2.45, 2.75) is 25.9 Å². The Morgan fingerprint density at radius 2 is 2.04 bits per heavy atom. The Kier molecular flexibility index (Phi) is 5.35. The summed E-state index contributed by atoms with van der Waals surface area (Å²) in [6.07, 6.45) is 5.54. The number of aromatic amines is 1. The van der Waals surface area contributed by atoms with E-state index in [9.17, 15) is 4.79 Å². The van der Waals surface area contributed by atoms with Gasteiger partial charge in [0.2, 0.25) is 11.5 Å². The lowest BCUT2D eigenvalue weighted by atomic mass is 10.1. The van der Waals surface area contributed by atoms with Crippen molar-refractivity contribution in [2.24, 2.45) is 0 Å². The molecule has 0 spiro atoms. The quantitative estimate of drug-likeness (QED) is 0.629. The van der Waals surface area contributed by atoms with Gasteiger partial charge in [0.15, 0.2) is 0 Å². The van der Waals surface area contributed by atoms with Crippen LogP contribution in [0.15, 0.2) is 48.9 Å². The van der Waals surface area contributed by atoms with Crippen molar-refractivity contribution in [3.8, 4) is 23.0 Å². The predicted molar refractivity (Wildman–Crippen MR) is 97.6 cm³/mol. The van der Waals surface area contributed by atoms with Crippen molar-refractivity contribution >= 4 is 5.97 Å². The monoisotopic (exact) mass is 368 g/mol. The van der Waals surface area contributed by atoms with E-state index in [1.807, 2.05) is 24.3 Å². The minimum atomic E-state index is -1.34. The second-order valence-corrected chi connectivity index (χ2v) is 6.37. The second kappa shape index (κ2) is 7.86. The zero-order valence-corrected chi connectivity index (χ0v) is 15.0. The molecule has 0 atom stereocenters. The Labute approximate surface area is 156 Å². The minimum Gasteiger partial charge on any atom is -0.492 e. The van der Waals surface area contributed by atoms with Crippen LogP contribution in [0, 0.1) is 0 Å². The normalized spacial score (nSPS) is 11.2. The van der Waals surface area contributed by atoms with Gasteiger partial charge in [0.1, 0.15) is 5.75 Å². The maximum atomic E-state index is 11.2. The molecule has 0 amide bonds. The molecule has 0 fully saturated rings. The molecule has 0 unspecified atom stereocenters. The summed E-state index contributed by atoms with van der Waals surface area (Å²) in [5, 5.41) is 15.9. The lowest BCUT2D eigenvalue weighted by Gasteiger charge is -2.20. The zero-order valence-electron chi connectivity index (χ0n) is 15.0. The van der Waals surface area contributed by atoms with Gasteiger partial charge in [-0.1, -0.05) is 0 Å². The molecule has 0 saturated heterocycles. The maximum absolute atomic E-state index is 11.2. The summed E-state index contributed by atoms with van der Waals surface area (Å²) < 4.78 is 11.2. The van der Waals surface area contributed by atoms with E-state index in [0.717, 1.165) is 17.0 Å². The molecule has 140 valence electrons. The standard InChI is InChI=1S/C19H20N4O4/c1-19(2,18(24)25)27-17-11-13(5-8-20-17)7-10-26-14-3-4-15(21-12-14)16-6-9-22-23-16/h3-6,8-9,11-12H,7,10H2,1-2H3,(H,22,23)(H,24,25). The summed E-state index contributed by atoms with van der Waals surface area (Å²) in [4.78, 5) is 19.6. The highest BCUT2D eigenvalue weighted by atomic mass is 16.5. The third kappa shape index (κ3) is 4.81. The summed E-state index contributed by atoms with van der Waals surface area (Å²) in [7, 11) is 0. The van der Waals surface area contributed by atoms with Crippen LogP contribution in [0.5, 0.6) is 11.6 Å². The topological polar surface area (TPSA) is 110 Å². The molecular formula is C19H20N4O4. The van der Waals surface area contributed by atoms with E-state index in [4.69, 9.17) is 14.6 Å². The molecule has 0 bridgehead atoms. The number of hydrogen-bond donors (Lipinski definition) is 2.